The largest absolute Gasteiger partial charge is 0.861 e. The van der Waals surface area contributed by atoms with Crippen LogP contribution in [0.2, 0.25) is 0 Å². The molecule has 0 bridgehead atoms. The van der Waals surface area contributed by atoms with Crippen LogP contribution in [0.3, 0.4) is 0 Å². The van der Waals surface area contributed by atoms with Crippen LogP contribution in [-0.2, 0) is 22.4 Å². The SMILES string of the molecule is Cc1cc(O)cc(C)c1C[C@@H](C(=O)N[C@H](C)C([O-])=NCCCc1ccccc1)N(C)C(=O)OC(C)(C)C. The van der Waals surface area contributed by atoms with E-state index in [1.165, 1.54) is 17.5 Å². The Morgan fingerprint density at radius 1 is 1.14 bits per heavy atom. The number of hydrogen-bond acceptors (Lipinski definition) is 6. The molecule has 0 spiro atoms. The van der Waals surface area contributed by atoms with Gasteiger partial charge in [-0.25, -0.2) is 4.79 Å². The van der Waals surface area contributed by atoms with E-state index in [0.29, 0.717) is 6.54 Å². The zero-order valence-electron chi connectivity index (χ0n) is 23.0. The van der Waals surface area contributed by atoms with Crippen molar-refractivity contribution in [1.82, 2.24) is 10.2 Å². The lowest BCUT2D eigenvalue weighted by atomic mass is 9.95. The van der Waals surface area contributed by atoms with Crippen LogP contribution in [0.4, 0.5) is 4.79 Å². The highest BCUT2D eigenvalue weighted by Crippen LogP contribution is 2.24. The molecule has 2 amide bonds. The second kappa shape index (κ2) is 13.1. The van der Waals surface area contributed by atoms with E-state index in [0.717, 1.165) is 29.5 Å². The Labute approximate surface area is 220 Å². The average Bonchev–Trinajstić information content (AvgIpc) is 2.80. The van der Waals surface area contributed by atoms with Gasteiger partial charge in [0.25, 0.3) is 0 Å². The van der Waals surface area contributed by atoms with Gasteiger partial charge in [0.05, 0.1) is 6.04 Å². The number of carbonyl (C=O) groups excluding carboxylic acids is 2. The number of amides is 2. The summed E-state index contributed by atoms with van der Waals surface area (Å²) in [6.07, 6.45) is 1.08. The Bertz CT molecular complexity index is 1070. The van der Waals surface area contributed by atoms with E-state index in [1.807, 2.05) is 44.2 Å². The molecule has 37 heavy (non-hydrogen) atoms. The van der Waals surface area contributed by atoms with Crippen LogP contribution < -0.4 is 10.4 Å². The molecule has 2 N–H and O–H groups in total. The summed E-state index contributed by atoms with van der Waals surface area (Å²) in [7, 11) is 1.50. The molecule has 0 aliphatic heterocycles. The maximum Gasteiger partial charge on any atom is 0.410 e. The van der Waals surface area contributed by atoms with Gasteiger partial charge in [0.15, 0.2) is 0 Å². The Kier molecular flexibility index (Phi) is 10.5. The molecule has 2 rings (SSSR count). The van der Waals surface area contributed by atoms with Crippen LogP contribution in [0.1, 0.15) is 56.4 Å². The molecular formula is C29H40N3O5-. The predicted octanol–water partition coefficient (Wildman–Crippen LogP) is 3.68. The minimum Gasteiger partial charge on any atom is -0.861 e. The minimum atomic E-state index is -0.940. The lowest BCUT2D eigenvalue weighted by molar-refractivity contribution is -0.221. The van der Waals surface area contributed by atoms with Crippen molar-refractivity contribution < 1.29 is 24.5 Å². The van der Waals surface area contributed by atoms with Gasteiger partial charge in [-0.15, -0.1) is 0 Å². The number of nitrogens with zero attached hydrogens (tertiary/aromatic N) is 2. The van der Waals surface area contributed by atoms with Crippen molar-refractivity contribution in [3.05, 3.63) is 64.7 Å². The van der Waals surface area contributed by atoms with Gasteiger partial charge < -0.3 is 25.3 Å². The minimum absolute atomic E-state index is 0.133. The normalized spacial score (nSPS) is 13.5. The van der Waals surface area contributed by atoms with Crippen molar-refractivity contribution in [2.75, 3.05) is 13.6 Å². The maximum atomic E-state index is 13.4. The first-order valence-corrected chi connectivity index (χ1v) is 12.6. The van der Waals surface area contributed by atoms with Crippen LogP contribution in [0.25, 0.3) is 0 Å². The molecule has 2 aromatic rings. The van der Waals surface area contributed by atoms with Gasteiger partial charge in [-0.2, -0.15) is 0 Å². The molecule has 0 saturated heterocycles. The summed E-state index contributed by atoms with van der Waals surface area (Å²) in [5, 5.41) is 25.2. The Morgan fingerprint density at radius 3 is 2.30 bits per heavy atom. The quantitative estimate of drug-likeness (QED) is 0.287. The third kappa shape index (κ3) is 9.44. The van der Waals surface area contributed by atoms with E-state index in [9.17, 15) is 19.8 Å². The van der Waals surface area contributed by atoms with E-state index in [4.69, 9.17) is 4.74 Å². The van der Waals surface area contributed by atoms with Crippen molar-refractivity contribution in [3.8, 4) is 5.75 Å². The van der Waals surface area contributed by atoms with Gasteiger partial charge in [-0.3, -0.25) is 9.69 Å². The molecule has 0 saturated carbocycles. The molecule has 0 heterocycles. The zero-order chi connectivity index (χ0) is 27.8. The van der Waals surface area contributed by atoms with Gasteiger partial charge in [-0.05, 0) is 94.7 Å². The summed E-state index contributed by atoms with van der Waals surface area (Å²) in [6, 6.07) is 11.4. The monoisotopic (exact) mass is 510 g/mol. The third-order valence-electron chi connectivity index (χ3n) is 5.99. The summed E-state index contributed by atoms with van der Waals surface area (Å²) in [5.41, 5.74) is 2.87. The van der Waals surface area contributed by atoms with Crippen molar-refractivity contribution >= 4 is 17.9 Å². The first kappa shape index (κ1) is 29.7. The Hall–Kier alpha value is -3.55. The number of hydrogen-bond donors (Lipinski definition) is 2. The number of rotatable bonds is 10. The molecule has 0 fully saturated rings. The summed E-state index contributed by atoms with van der Waals surface area (Å²) in [5.74, 6) is -0.772. The molecular weight excluding hydrogens is 470 g/mol. The Balaban J connectivity index is 2.14. The van der Waals surface area contributed by atoms with E-state index >= 15 is 0 Å². The van der Waals surface area contributed by atoms with E-state index in [1.54, 1.807) is 39.8 Å². The molecule has 0 aliphatic rings. The van der Waals surface area contributed by atoms with Crippen molar-refractivity contribution in [1.29, 1.82) is 0 Å². The van der Waals surface area contributed by atoms with Crippen molar-refractivity contribution in [2.24, 2.45) is 4.99 Å². The highest BCUT2D eigenvalue weighted by atomic mass is 16.6. The van der Waals surface area contributed by atoms with Crippen molar-refractivity contribution in [2.45, 2.75) is 78.5 Å². The second-order valence-electron chi connectivity index (χ2n) is 10.4. The van der Waals surface area contributed by atoms with Crippen LogP contribution in [-0.4, -0.2) is 59.2 Å². The van der Waals surface area contributed by atoms with Crippen LogP contribution >= 0.6 is 0 Å². The van der Waals surface area contributed by atoms with Crippen molar-refractivity contribution in [3.63, 3.8) is 0 Å². The fraction of sp³-hybridized carbons (Fsp3) is 0.483. The molecule has 2 aromatic carbocycles. The first-order chi connectivity index (χ1) is 17.3. The van der Waals surface area contributed by atoms with E-state index in [2.05, 4.69) is 10.3 Å². The standard InChI is InChI=1S/C29H41N3O5/c1-19-16-23(33)17-20(2)24(19)18-25(32(7)28(36)37-29(4,5)6)27(35)31-21(3)26(34)30-15-11-14-22-12-9-8-10-13-22/h8-10,12-13,16-17,21,25,33H,11,14-15,18H2,1-7H3,(H,30,34)(H,31,35)/p-1/t21-,25+/m1/s1. The molecule has 0 aromatic heterocycles. The van der Waals surface area contributed by atoms with Crippen LogP contribution in [0, 0.1) is 13.8 Å². The number of nitrogens with one attached hydrogen (secondary N) is 1. The fourth-order valence-corrected chi connectivity index (χ4v) is 3.98. The second-order valence-corrected chi connectivity index (χ2v) is 10.4. The van der Waals surface area contributed by atoms with E-state index in [-0.39, 0.29) is 12.2 Å². The predicted molar refractivity (Wildman–Crippen MR) is 144 cm³/mol. The third-order valence-corrected chi connectivity index (χ3v) is 5.99. The van der Waals surface area contributed by atoms with Crippen LogP contribution in [0.5, 0.6) is 5.75 Å². The molecule has 2 atom stereocenters. The summed E-state index contributed by atoms with van der Waals surface area (Å²) in [4.78, 5) is 31.6. The number of carbonyl (C=O) groups is 2. The maximum absolute atomic E-state index is 13.4. The number of likely N-dealkylation sites (N-methyl/N-ethyl adjacent to an activating group) is 1. The number of aryl methyl sites for hydroxylation is 3. The summed E-state index contributed by atoms with van der Waals surface area (Å²) in [6.45, 7) is 10.9. The highest BCUT2D eigenvalue weighted by molar-refractivity contribution is 5.90. The van der Waals surface area contributed by atoms with Gasteiger partial charge in [-0.1, -0.05) is 30.3 Å². The number of aliphatic imine (C=N–C) groups is 1. The topological polar surface area (TPSA) is 114 Å². The molecule has 0 unspecified atom stereocenters. The van der Waals surface area contributed by atoms with Gasteiger partial charge in [0, 0.05) is 20.0 Å². The van der Waals surface area contributed by atoms with E-state index < -0.39 is 35.6 Å². The number of aromatic hydroxyl groups is 1. The fourth-order valence-electron chi connectivity index (χ4n) is 3.98. The molecule has 0 aliphatic carbocycles. The van der Waals surface area contributed by atoms with Gasteiger partial charge in [0.2, 0.25) is 5.91 Å². The zero-order valence-corrected chi connectivity index (χ0v) is 23.0. The average molecular weight is 511 g/mol. The molecule has 0 radical (unpaired) electrons. The number of phenolic OH excluding ortho intramolecular Hbond substituents is 1. The Morgan fingerprint density at radius 2 is 1.73 bits per heavy atom. The van der Waals surface area contributed by atoms with Gasteiger partial charge >= 0.3 is 6.09 Å². The summed E-state index contributed by atoms with van der Waals surface area (Å²) >= 11 is 0. The number of benzene rings is 2. The number of ether oxygens (including phenoxy) is 1. The van der Waals surface area contributed by atoms with Crippen LogP contribution in [0.15, 0.2) is 47.5 Å². The molecule has 8 heteroatoms. The number of phenols is 1. The highest BCUT2D eigenvalue weighted by Gasteiger charge is 2.32. The molecule has 8 nitrogen and oxygen atoms in total. The first-order valence-electron chi connectivity index (χ1n) is 12.6. The summed E-state index contributed by atoms with van der Waals surface area (Å²) < 4.78 is 5.48. The lowest BCUT2D eigenvalue weighted by Crippen LogP contribution is -2.54. The molecule has 202 valence electrons. The lowest BCUT2D eigenvalue weighted by Gasteiger charge is -2.32. The smallest absolute Gasteiger partial charge is 0.410 e. The van der Waals surface area contributed by atoms with Gasteiger partial charge in [0.1, 0.15) is 17.4 Å².